The first-order valence-electron chi connectivity index (χ1n) is 7.28. The molecule has 0 bridgehead atoms. The van der Waals surface area contributed by atoms with E-state index in [-0.39, 0.29) is 35.6 Å². The lowest BCUT2D eigenvalue weighted by molar-refractivity contribution is 0.110. The maximum atomic E-state index is 14.1. The van der Waals surface area contributed by atoms with Crippen molar-refractivity contribution in [2.45, 2.75) is 23.5 Å². The van der Waals surface area contributed by atoms with Gasteiger partial charge in [0, 0.05) is 32.5 Å². The molecule has 1 saturated heterocycles. The minimum absolute atomic E-state index is 0.0524. The van der Waals surface area contributed by atoms with Gasteiger partial charge < -0.3 is 14.5 Å². The Morgan fingerprint density at radius 3 is 2.87 bits per heavy atom. The van der Waals surface area contributed by atoms with Gasteiger partial charge in [-0.3, -0.25) is 0 Å². The Morgan fingerprint density at radius 1 is 1.39 bits per heavy atom. The van der Waals surface area contributed by atoms with E-state index in [0.29, 0.717) is 11.9 Å². The summed E-state index contributed by atoms with van der Waals surface area (Å²) < 4.78 is 52.0. The van der Waals surface area contributed by atoms with Crippen LogP contribution in [0.1, 0.15) is 6.42 Å². The van der Waals surface area contributed by atoms with Crippen LogP contribution in [0.4, 0.5) is 4.39 Å². The Balaban J connectivity index is 2.06. The van der Waals surface area contributed by atoms with Gasteiger partial charge in [-0.1, -0.05) is 6.07 Å². The molecule has 0 unspecified atom stereocenters. The number of aromatic nitrogens is 1. The van der Waals surface area contributed by atoms with Gasteiger partial charge in [0.15, 0.2) is 0 Å². The predicted octanol–water partition coefficient (Wildman–Crippen LogP) is 1.73. The van der Waals surface area contributed by atoms with E-state index in [1.54, 1.807) is 13.2 Å². The van der Waals surface area contributed by atoms with Crippen molar-refractivity contribution < 1.29 is 22.3 Å². The van der Waals surface area contributed by atoms with Gasteiger partial charge in [-0.2, -0.15) is 4.31 Å². The number of benzene rings is 1. The van der Waals surface area contributed by atoms with Gasteiger partial charge in [-0.25, -0.2) is 12.8 Å². The van der Waals surface area contributed by atoms with Crippen molar-refractivity contribution in [3.8, 4) is 0 Å². The Kier molecular flexibility index (Phi) is 4.41. The molecule has 1 fully saturated rings. The van der Waals surface area contributed by atoms with Crippen molar-refractivity contribution in [3.05, 3.63) is 30.2 Å². The number of fused-ring (bicyclic) bond motifs is 1. The molecule has 6 nitrogen and oxygen atoms in total. The van der Waals surface area contributed by atoms with Crippen LogP contribution in [0.5, 0.6) is 0 Å². The number of sulfonamides is 1. The molecule has 1 aromatic carbocycles. The van der Waals surface area contributed by atoms with E-state index >= 15 is 0 Å². The summed E-state index contributed by atoms with van der Waals surface area (Å²) in [6.45, 7) is 0.498. The molecule has 1 N–H and O–H groups in total. The fourth-order valence-corrected chi connectivity index (χ4v) is 4.92. The summed E-state index contributed by atoms with van der Waals surface area (Å²) in [4.78, 5) is 2.77. The number of methoxy groups -OCH3 is 2. The van der Waals surface area contributed by atoms with E-state index in [1.807, 2.05) is 0 Å². The van der Waals surface area contributed by atoms with Crippen LogP contribution in [0, 0.1) is 5.82 Å². The van der Waals surface area contributed by atoms with Crippen molar-refractivity contribution in [2.75, 3.05) is 27.4 Å². The Labute approximate surface area is 134 Å². The highest BCUT2D eigenvalue weighted by atomic mass is 32.2. The molecular formula is C15H19FN2O4S. The van der Waals surface area contributed by atoms with Gasteiger partial charge in [0.05, 0.1) is 24.1 Å². The van der Waals surface area contributed by atoms with Gasteiger partial charge in [0.25, 0.3) is 0 Å². The molecule has 0 aliphatic carbocycles. The number of rotatable bonds is 5. The number of H-pyrrole nitrogens is 1. The first-order chi connectivity index (χ1) is 11.0. The van der Waals surface area contributed by atoms with E-state index in [1.165, 1.54) is 29.7 Å². The van der Waals surface area contributed by atoms with Crippen LogP contribution in [0.25, 0.3) is 10.9 Å². The Bertz CT molecular complexity index is 805. The normalized spacial score (nSPS) is 22.9. The second kappa shape index (κ2) is 6.20. The molecule has 0 amide bonds. The number of hydrogen-bond acceptors (Lipinski definition) is 4. The smallest absolute Gasteiger partial charge is 0.245 e. The third-order valence-electron chi connectivity index (χ3n) is 4.22. The fourth-order valence-electron chi connectivity index (χ4n) is 3.09. The van der Waals surface area contributed by atoms with Gasteiger partial charge >= 0.3 is 0 Å². The Morgan fingerprint density at radius 2 is 2.17 bits per heavy atom. The highest BCUT2D eigenvalue weighted by Gasteiger charge is 2.41. The number of nitrogens with zero attached hydrogens (tertiary/aromatic N) is 1. The molecule has 23 heavy (non-hydrogen) atoms. The molecule has 126 valence electrons. The van der Waals surface area contributed by atoms with E-state index in [2.05, 4.69) is 4.98 Å². The van der Waals surface area contributed by atoms with Crippen LogP contribution in [0.15, 0.2) is 29.3 Å². The van der Waals surface area contributed by atoms with Crippen molar-refractivity contribution in [2.24, 2.45) is 0 Å². The average molecular weight is 342 g/mol. The number of ether oxygens (including phenoxy) is 2. The zero-order chi connectivity index (χ0) is 16.6. The number of halogens is 1. The number of nitrogens with one attached hydrogen (secondary N) is 1. The van der Waals surface area contributed by atoms with Gasteiger partial charge in [-0.05, 0) is 18.6 Å². The summed E-state index contributed by atoms with van der Waals surface area (Å²) >= 11 is 0. The van der Waals surface area contributed by atoms with Crippen LogP contribution >= 0.6 is 0 Å². The van der Waals surface area contributed by atoms with Crippen LogP contribution in [-0.2, 0) is 19.5 Å². The standard InChI is InChI=1S/C15H19FN2O4S/c1-21-9-10-6-11(22-2)8-18(10)23(19,20)14-7-17-13-5-3-4-12(16)15(13)14/h3-5,7,10-11,17H,6,8-9H2,1-2H3/t10-,11-/m0/s1. The molecule has 0 saturated carbocycles. The monoisotopic (exact) mass is 342 g/mol. The minimum atomic E-state index is -3.86. The lowest BCUT2D eigenvalue weighted by atomic mass is 10.2. The van der Waals surface area contributed by atoms with Gasteiger partial charge in [0.1, 0.15) is 10.7 Å². The molecule has 1 aliphatic heterocycles. The molecule has 2 aromatic rings. The predicted molar refractivity (Wildman–Crippen MR) is 83.2 cm³/mol. The summed E-state index contributed by atoms with van der Waals surface area (Å²) in [5.41, 5.74) is 0.453. The third kappa shape index (κ3) is 2.76. The number of aromatic amines is 1. The number of hydrogen-bond donors (Lipinski definition) is 1. The summed E-state index contributed by atoms with van der Waals surface area (Å²) in [6, 6.07) is 4.11. The lowest BCUT2D eigenvalue weighted by Crippen LogP contribution is -2.38. The first kappa shape index (κ1) is 16.4. The lowest BCUT2D eigenvalue weighted by Gasteiger charge is -2.22. The SMILES string of the molecule is COC[C@@H]1C[C@H](OC)CN1S(=O)(=O)c1c[nH]c2cccc(F)c12. The minimum Gasteiger partial charge on any atom is -0.383 e. The summed E-state index contributed by atoms with van der Waals surface area (Å²) in [7, 11) is -0.781. The second-order valence-electron chi connectivity index (χ2n) is 5.59. The molecule has 2 atom stereocenters. The van der Waals surface area contributed by atoms with Gasteiger partial charge in [0.2, 0.25) is 10.0 Å². The van der Waals surface area contributed by atoms with Crippen molar-refractivity contribution in [1.29, 1.82) is 0 Å². The zero-order valence-electron chi connectivity index (χ0n) is 13.0. The summed E-state index contributed by atoms with van der Waals surface area (Å²) in [5.74, 6) is -0.562. The maximum absolute atomic E-state index is 14.1. The summed E-state index contributed by atoms with van der Waals surface area (Å²) in [6.07, 6.45) is 1.70. The van der Waals surface area contributed by atoms with Crippen molar-refractivity contribution in [3.63, 3.8) is 0 Å². The quantitative estimate of drug-likeness (QED) is 0.898. The molecular weight excluding hydrogens is 323 g/mol. The molecule has 0 spiro atoms. The van der Waals surface area contributed by atoms with E-state index in [4.69, 9.17) is 9.47 Å². The van der Waals surface area contributed by atoms with E-state index in [0.717, 1.165) is 0 Å². The molecule has 8 heteroatoms. The van der Waals surface area contributed by atoms with Crippen molar-refractivity contribution in [1.82, 2.24) is 9.29 Å². The van der Waals surface area contributed by atoms with Crippen LogP contribution in [0.3, 0.4) is 0 Å². The van der Waals surface area contributed by atoms with Crippen molar-refractivity contribution >= 4 is 20.9 Å². The Hall–Kier alpha value is -1.48. The largest absolute Gasteiger partial charge is 0.383 e. The molecule has 1 aliphatic rings. The van der Waals surface area contributed by atoms with Crippen LogP contribution in [0.2, 0.25) is 0 Å². The molecule has 0 radical (unpaired) electrons. The molecule has 3 rings (SSSR count). The highest BCUT2D eigenvalue weighted by Crippen LogP contribution is 2.32. The zero-order valence-corrected chi connectivity index (χ0v) is 13.8. The van der Waals surface area contributed by atoms with E-state index in [9.17, 15) is 12.8 Å². The van der Waals surface area contributed by atoms with Crippen LogP contribution < -0.4 is 0 Å². The van der Waals surface area contributed by atoms with Gasteiger partial charge in [-0.15, -0.1) is 0 Å². The highest BCUT2D eigenvalue weighted by molar-refractivity contribution is 7.89. The fraction of sp³-hybridized carbons (Fsp3) is 0.467. The summed E-state index contributed by atoms with van der Waals surface area (Å²) in [5, 5.41) is 0.0875. The first-order valence-corrected chi connectivity index (χ1v) is 8.72. The van der Waals surface area contributed by atoms with Crippen LogP contribution in [-0.4, -0.2) is 57.2 Å². The topological polar surface area (TPSA) is 71.6 Å². The second-order valence-corrected chi connectivity index (χ2v) is 7.45. The maximum Gasteiger partial charge on any atom is 0.245 e. The third-order valence-corrected chi connectivity index (χ3v) is 6.17. The van der Waals surface area contributed by atoms with E-state index < -0.39 is 15.8 Å². The average Bonchev–Trinajstić information content (AvgIpc) is 3.13. The molecule has 1 aromatic heterocycles. The molecule has 2 heterocycles.